The maximum Gasteiger partial charge on any atom is 0.308 e. The summed E-state index contributed by atoms with van der Waals surface area (Å²) in [7, 11) is 0. The molecular formula is C24H35NO5. The summed E-state index contributed by atoms with van der Waals surface area (Å²) in [4.78, 5) is 35.3. The standard InChI is InChI=1S/C24H35NO5/c1-5-15(3)24(27)30-21-11-14(2)10-17-7-6-16(4)20(23(17)21)9-8-19-12-18(25-28)13-22(26)29-19/h6-7,10,14-16,18-21,23H,5,8-9,11-13H2,1-4H3/t14-,15-,16-,18+,19+,20-,21-,23-/m0/s1. The first-order chi connectivity index (χ1) is 14.3. The number of esters is 2. The van der Waals surface area contributed by atoms with Crippen molar-refractivity contribution < 1.29 is 19.1 Å². The number of rotatable bonds is 7. The van der Waals surface area contributed by atoms with Crippen LogP contribution in [0.1, 0.15) is 66.2 Å². The fourth-order valence-electron chi connectivity index (χ4n) is 5.15. The molecule has 6 heteroatoms. The van der Waals surface area contributed by atoms with E-state index in [4.69, 9.17) is 9.47 Å². The Labute approximate surface area is 179 Å². The maximum atomic E-state index is 12.6. The minimum absolute atomic E-state index is 0.0869. The molecule has 0 saturated carbocycles. The molecule has 0 spiro atoms. The van der Waals surface area contributed by atoms with Crippen LogP contribution in [-0.4, -0.2) is 30.2 Å². The molecule has 0 aromatic carbocycles. The van der Waals surface area contributed by atoms with Crippen LogP contribution in [-0.2, 0) is 19.1 Å². The van der Waals surface area contributed by atoms with Crippen LogP contribution in [0, 0.1) is 34.5 Å². The largest absolute Gasteiger partial charge is 0.462 e. The minimum atomic E-state index is -0.477. The second kappa shape index (κ2) is 9.88. The van der Waals surface area contributed by atoms with Gasteiger partial charge in [0.15, 0.2) is 0 Å². The zero-order valence-electron chi connectivity index (χ0n) is 18.6. The van der Waals surface area contributed by atoms with E-state index in [2.05, 4.69) is 37.3 Å². The van der Waals surface area contributed by atoms with Crippen LogP contribution in [0.5, 0.6) is 0 Å². The summed E-state index contributed by atoms with van der Waals surface area (Å²) in [6.07, 6.45) is 10.1. The van der Waals surface area contributed by atoms with Crippen molar-refractivity contribution >= 4 is 11.9 Å². The molecule has 8 atom stereocenters. The summed E-state index contributed by atoms with van der Waals surface area (Å²) in [6.45, 7) is 8.29. The Bertz CT molecular complexity index is 714. The topological polar surface area (TPSA) is 82.0 Å². The molecule has 6 nitrogen and oxygen atoms in total. The van der Waals surface area contributed by atoms with Gasteiger partial charge in [-0.05, 0) is 49.0 Å². The molecule has 1 fully saturated rings. The zero-order chi connectivity index (χ0) is 21.8. The number of ether oxygens (including phenoxy) is 2. The van der Waals surface area contributed by atoms with Gasteiger partial charge in [0.2, 0.25) is 0 Å². The number of cyclic esters (lactones) is 1. The molecule has 0 radical (unpaired) electrons. The molecule has 30 heavy (non-hydrogen) atoms. The number of nitrogens with zero attached hydrogens (tertiary/aromatic N) is 1. The van der Waals surface area contributed by atoms with Gasteiger partial charge in [0, 0.05) is 12.3 Å². The molecule has 1 saturated heterocycles. The average molecular weight is 418 g/mol. The summed E-state index contributed by atoms with van der Waals surface area (Å²) in [5.41, 5.74) is 1.26. The molecule has 2 aliphatic carbocycles. The van der Waals surface area contributed by atoms with Crippen LogP contribution in [0.4, 0.5) is 0 Å². The number of carbonyl (C=O) groups excluding carboxylic acids is 2. The fourth-order valence-corrected chi connectivity index (χ4v) is 5.15. The van der Waals surface area contributed by atoms with E-state index in [1.54, 1.807) is 0 Å². The number of allylic oxidation sites excluding steroid dienone is 3. The summed E-state index contributed by atoms with van der Waals surface area (Å²) < 4.78 is 11.5. The van der Waals surface area contributed by atoms with Crippen molar-refractivity contribution in [2.45, 2.75) is 84.5 Å². The highest BCUT2D eigenvalue weighted by Gasteiger charge is 2.42. The van der Waals surface area contributed by atoms with Gasteiger partial charge in [0.05, 0.1) is 12.3 Å². The summed E-state index contributed by atoms with van der Waals surface area (Å²) in [5, 5.41) is 3.07. The van der Waals surface area contributed by atoms with Crippen LogP contribution in [0.15, 0.2) is 29.0 Å². The van der Waals surface area contributed by atoms with E-state index in [-0.39, 0.29) is 42.4 Å². The number of hydrogen-bond acceptors (Lipinski definition) is 6. The molecule has 1 heterocycles. The van der Waals surface area contributed by atoms with E-state index in [0.717, 1.165) is 19.3 Å². The lowest BCUT2D eigenvalue weighted by Crippen LogP contribution is -2.42. The third-order valence-corrected chi connectivity index (χ3v) is 7.08. The van der Waals surface area contributed by atoms with Crippen molar-refractivity contribution in [1.29, 1.82) is 0 Å². The average Bonchev–Trinajstić information content (AvgIpc) is 2.71. The van der Waals surface area contributed by atoms with Gasteiger partial charge in [0.1, 0.15) is 18.2 Å². The Morgan fingerprint density at radius 3 is 2.77 bits per heavy atom. The quantitative estimate of drug-likeness (QED) is 0.431. The Morgan fingerprint density at radius 2 is 2.07 bits per heavy atom. The van der Waals surface area contributed by atoms with E-state index < -0.39 is 6.04 Å². The number of hydrogen-bond donors (Lipinski definition) is 0. The Hall–Kier alpha value is -1.98. The van der Waals surface area contributed by atoms with E-state index in [1.807, 2.05) is 13.8 Å². The Kier molecular flexibility index (Phi) is 7.48. The van der Waals surface area contributed by atoms with Gasteiger partial charge in [-0.1, -0.05) is 51.1 Å². The molecule has 0 bridgehead atoms. The molecular weight excluding hydrogens is 382 g/mol. The first-order valence-corrected chi connectivity index (χ1v) is 11.4. The summed E-state index contributed by atoms with van der Waals surface area (Å²) in [6, 6.07) is -0.477. The minimum Gasteiger partial charge on any atom is -0.462 e. The van der Waals surface area contributed by atoms with Crippen LogP contribution in [0.3, 0.4) is 0 Å². The molecule has 0 aromatic rings. The Balaban J connectivity index is 1.74. The van der Waals surface area contributed by atoms with Crippen molar-refractivity contribution in [3.8, 4) is 0 Å². The van der Waals surface area contributed by atoms with Gasteiger partial charge < -0.3 is 9.47 Å². The first-order valence-electron chi connectivity index (χ1n) is 11.4. The predicted octanol–water partition coefficient (Wildman–Crippen LogP) is 4.97. The molecule has 0 N–H and O–H groups in total. The molecule has 0 unspecified atom stereocenters. The molecule has 1 aliphatic heterocycles. The van der Waals surface area contributed by atoms with Gasteiger partial charge >= 0.3 is 11.9 Å². The first kappa shape index (κ1) is 22.7. The molecule has 3 rings (SSSR count). The second-order valence-electron chi connectivity index (χ2n) is 9.46. The van der Waals surface area contributed by atoms with Gasteiger partial charge in [-0.15, -0.1) is 0 Å². The second-order valence-corrected chi connectivity index (χ2v) is 9.46. The van der Waals surface area contributed by atoms with Crippen molar-refractivity contribution in [2.24, 2.45) is 34.8 Å². The normalized spacial score (nSPS) is 36.9. The van der Waals surface area contributed by atoms with Crippen molar-refractivity contribution in [3.63, 3.8) is 0 Å². The third kappa shape index (κ3) is 5.19. The van der Waals surface area contributed by atoms with Crippen molar-refractivity contribution in [2.75, 3.05) is 0 Å². The van der Waals surface area contributed by atoms with E-state index in [9.17, 15) is 14.5 Å². The monoisotopic (exact) mass is 417 g/mol. The lowest BCUT2D eigenvalue weighted by Gasteiger charge is -2.43. The summed E-state index contributed by atoms with van der Waals surface area (Å²) >= 11 is 0. The van der Waals surface area contributed by atoms with Gasteiger partial charge in [-0.2, -0.15) is 4.91 Å². The highest BCUT2D eigenvalue weighted by Crippen LogP contribution is 2.45. The van der Waals surface area contributed by atoms with Crippen molar-refractivity contribution in [3.05, 3.63) is 28.7 Å². The van der Waals surface area contributed by atoms with Crippen LogP contribution >= 0.6 is 0 Å². The predicted molar refractivity (Wildman–Crippen MR) is 114 cm³/mol. The highest BCUT2D eigenvalue weighted by molar-refractivity contribution is 5.72. The van der Waals surface area contributed by atoms with Gasteiger partial charge in [0.25, 0.3) is 0 Å². The fraction of sp³-hybridized carbons (Fsp3) is 0.750. The SMILES string of the molecule is CC[C@H](C)C(=O)O[C@H]1C[C@@H](C)C=C2C=C[C@H](C)[C@H](CC[C@@H]3C[C@@H](N=O)CC(=O)O3)[C@H]21. The third-order valence-electron chi connectivity index (χ3n) is 7.08. The van der Waals surface area contributed by atoms with Gasteiger partial charge in [-0.3, -0.25) is 9.59 Å². The Morgan fingerprint density at radius 1 is 1.30 bits per heavy atom. The van der Waals surface area contributed by atoms with E-state index >= 15 is 0 Å². The van der Waals surface area contributed by atoms with Crippen molar-refractivity contribution in [1.82, 2.24) is 0 Å². The number of nitroso groups, excluding NO2 is 1. The lowest BCUT2D eigenvalue weighted by atomic mass is 9.65. The number of fused-ring (bicyclic) bond motifs is 1. The van der Waals surface area contributed by atoms with E-state index in [0.29, 0.717) is 30.6 Å². The number of carbonyl (C=O) groups is 2. The molecule has 3 aliphatic rings. The van der Waals surface area contributed by atoms with E-state index in [1.165, 1.54) is 5.57 Å². The van der Waals surface area contributed by atoms with Crippen LogP contribution < -0.4 is 0 Å². The summed E-state index contributed by atoms with van der Waals surface area (Å²) in [5.74, 6) is 0.616. The van der Waals surface area contributed by atoms with Crippen LogP contribution in [0.2, 0.25) is 0 Å². The smallest absolute Gasteiger partial charge is 0.308 e. The molecule has 166 valence electrons. The maximum absolute atomic E-state index is 12.6. The van der Waals surface area contributed by atoms with Gasteiger partial charge in [-0.25, -0.2) is 0 Å². The van der Waals surface area contributed by atoms with Crippen LogP contribution in [0.25, 0.3) is 0 Å². The lowest BCUT2D eigenvalue weighted by molar-refractivity contribution is -0.159. The molecule has 0 amide bonds. The zero-order valence-corrected chi connectivity index (χ0v) is 18.6. The highest BCUT2D eigenvalue weighted by atomic mass is 16.5. The molecule has 0 aromatic heterocycles.